The van der Waals surface area contributed by atoms with Crippen LogP contribution >= 0.6 is 11.6 Å². The average molecular weight is 444 g/mol. The first-order valence-electron chi connectivity index (χ1n) is 9.77. The zero-order valence-corrected chi connectivity index (χ0v) is 19.4. The third kappa shape index (κ3) is 5.65. The van der Waals surface area contributed by atoms with E-state index in [4.69, 9.17) is 16.3 Å². The van der Waals surface area contributed by atoms with Gasteiger partial charge in [0.15, 0.2) is 0 Å². The van der Waals surface area contributed by atoms with Gasteiger partial charge in [-0.2, -0.15) is 0 Å². The molecule has 0 atom stereocenters. The normalized spacial score (nSPS) is 12.5. The standard InChI is InChI=1S/C26H28ClF2NO/c1-8-9-10-22(26(4,5)29)17(2)21-13-11-19(15-24(21)28)18(3)30(6)20-12-14-25(31-7)23(27)16-20/h8-16H,1,3H2,2,4-7H3/b10-9-,22-17-. The molecular weight excluding hydrogens is 416 g/mol. The second-order valence-corrected chi connectivity index (χ2v) is 8.03. The molecule has 2 aromatic carbocycles. The van der Waals surface area contributed by atoms with Crippen LogP contribution in [0.4, 0.5) is 14.5 Å². The summed E-state index contributed by atoms with van der Waals surface area (Å²) in [6, 6.07) is 10.2. The van der Waals surface area contributed by atoms with E-state index < -0.39 is 11.5 Å². The molecule has 2 nitrogen and oxygen atoms in total. The third-order valence-electron chi connectivity index (χ3n) is 5.08. The summed E-state index contributed by atoms with van der Waals surface area (Å²) in [6.45, 7) is 12.3. The maximum absolute atomic E-state index is 15.1. The Morgan fingerprint density at radius 1 is 1.19 bits per heavy atom. The molecule has 2 rings (SSSR count). The summed E-state index contributed by atoms with van der Waals surface area (Å²) in [5.74, 6) is 0.116. The minimum atomic E-state index is -1.63. The maximum atomic E-state index is 15.1. The van der Waals surface area contributed by atoms with E-state index in [1.807, 2.05) is 18.0 Å². The highest BCUT2D eigenvalue weighted by atomic mass is 35.5. The largest absolute Gasteiger partial charge is 0.495 e. The van der Waals surface area contributed by atoms with Gasteiger partial charge in [-0.1, -0.05) is 55.1 Å². The van der Waals surface area contributed by atoms with Crippen molar-refractivity contribution in [3.63, 3.8) is 0 Å². The van der Waals surface area contributed by atoms with Gasteiger partial charge in [-0.15, -0.1) is 0 Å². The molecule has 0 aliphatic heterocycles. The van der Waals surface area contributed by atoms with Gasteiger partial charge in [0.05, 0.1) is 12.1 Å². The van der Waals surface area contributed by atoms with Gasteiger partial charge >= 0.3 is 0 Å². The van der Waals surface area contributed by atoms with E-state index in [0.29, 0.717) is 38.7 Å². The van der Waals surface area contributed by atoms with Crippen molar-refractivity contribution in [2.24, 2.45) is 0 Å². The number of hydrogen-bond acceptors (Lipinski definition) is 2. The van der Waals surface area contributed by atoms with Crippen LogP contribution in [0.5, 0.6) is 5.75 Å². The smallest absolute Gasteiger partial charge is 0.137 e. The predicted molar refractivity (Wildman–Crippen MR) is 129 cm³/mol. The molecule has 31 heavy (non-hydrogen) atoms. The second kappa shape index (κ2) is 9.97. The van der Waals surface area contributed by atoms with Crippen molar-refractivity contribution in [3.8, 4) is 5.75 Å². The Balaban J connectivity index is 2.42. The van der Waals surface area contributed by atoms with E-state index in [2.05, 4.69) is 13.2 Å². The van der Waals surface area contributed by atoms with Crippen LogP contribution in [-0.4, -0.2) is 19.8 Å². The highest BCUT2D eigenvalue weighted by molar-refractivity contribution is 6.32. The quantitative estimate of drug-likeness (QED) is 0.385. The van der Waals surface area contributed by atoms with Gasteiger partial charge < -0.3 is 9.64 Å². The summed E-state index contributed by atoms with van der Waals surface area (Å²) < 4.78 is 35.0. The van der Waals surface area contributed by atoms with Crippen molar-refractivity contribution >= 4 is 28.6 Å². The number of nitrogens with zero attached hydrogens (tertiary/aromatic N) is 1. The molecule has 0 aliphatic carbocycles. The molecule has 0 heterocycles. The van der Waals surface area contributed by atoms with Gasteiger partial charge in [0, 0.05) is 29.6 Å². The van der Waals surface area contributed by atoms with E-state index in [9.17, 15) is 4.39 Å². The lowest BCUT2D eigenvalue weighted by Gasteiger charge is -2.24. The molecule has 0 saturated carbocycles. The maximum Gasteiger partial charge on any atom is 0.137 e. The molecule has 0 radical (unpaired) electrons. The summed E-state index contributed by atoms with van der Waals surface area (Å²) in [6.07, 6.45) is 4.82. The fraction of sp³-hybridized carbons (Fsp3) is 0.231. The molecule has 0 N–H and O–H groups in total. The number of methoxy groups -OCH3 is 1. The number of alkyl halides is 1. The lowest BCUT2D eigenvalue weighted by atomic mass is 9.90. The molecule has 0 unspecified atom stereocenters. The van der Waals surface area contributed by atoms with Crippen LogP contribution in [0.3, 0.4) is 0 Å². The number of anilines is 1. The van der Waals surface area contributed by atoms with E-state index in [1.54, 1.807) is 56.5 Å². The Morgan fingerprint density at radius 3 is 2.39 bits per heavy atom. The lowest BCUT2D eigenvalue weighted by Crippen LogP contribution is -2.16. The van der Waals surface area contributed by atoms with Gasteiger partial charge in [-0.25, -0.2) is 8.78 Å². The van der Waals surface area contributed by atoms with Crippen molar-refractivity contribution < 1.29 is 13.5 Å². The number of hydrogen-bond donors (Lipinski definition) is 0. The van der Waals surface area contributed by atoms with Gasteiger partial charge in [0.2, 0.25) is 0 Å². The lowest BCUT2D eigenvalue weighted by molar-refractivity contribution is 0.275. The van der Waals surface area contributed by atoms with Crippen LogP contribution in [0.2, 0.25) is 5.02 Å². The van der Waals surface area contributed by atoms with E-state index in [0.717, 1.165) is 5.69 Å². The molecule has 0 fully saturated rings. The molecule has 0 bridgehead atoms. The van der Waals surface area contributed by atoms with E-state index in [1.165, 1.54) is 19.9 Å². The zero-order valence-electron chi connectivity index (χ0n) is 18.6. The number of allylic oxidation sites excluding steroid dienone is 5. The van der Waals surface area contributed by atoms with Crippen molar-refractivity contribution in [1.82, 2.24) is 0 Å². The Morgan fingerprint density at radius 2 is 1.87 bits per heavy atom. The van der Waals surface area contributed by atoms with Crippen LogP contribution in [-0.2, 0) is 0 Å². The first-order chi connectivity index (χ1) is 14.5. The van der Waals surface area contributed by atoms with Crippen LogP contribution in [0.1, 0.15) is 31.9 Å². The summed E-state index contributed by atoms with van der Waals surface area (Å²) in [7, 11) is 3.37. The van der Waals surface area contributed by atoms with Crippen LogP contribution in [0.25, 0.3) is 11.3 Å². The Bertz CT molecular complexity index is 1050. The fourth-order valence-corrected chi connectivity index (χ4v) is 3.54. The molecule has 0 spiro atoms. The molecule has 164 valence electrons. The van der Waals surface area contributed by atoms with Crippen LogP contribution < -0.4 is 9.64 Å². The zero-order chi connectivity index (χ0) is 23.3. The Labute approximate surface area is 188 Å². The van der Waals surface area contributed by atoms with E-state index in [-0.39, 0.29) is 0 Å². The Kier molecular flexibility index (Phi) is 7.85. The first kappa shape index (κ1) is 24.4. The SMILES string of the molecule is C=C/C=C\C(=C(/C)c1ccc(C(=C)N(C)c2ccc(OC)c(Cl)c2)cc1F)C(C)(C)F. The number of ether oxygens (including phenoxy) is 1. The van der Waals surface area contributed by atoms with Gasteiger partial charge in [0.1, 0.15) is 17.2 Å². The predicted octanol–water partition coefficient (Wildman–Crippen LogP) is 7.86. The van der Waals surface area contributed by atoms with E-state index >= 15 is 4.39 Å². The van der Waals surface area contributed by atoms with Crippen molar-refractivity contribution in [2.75, 3.05) is 19.1 Å². The molecule has 0 amide bonds. The van der Waals surface area contributed by atoms with Gasteiger partial charge in [-0.05, 0) is 56.2 Å². The van der Waals surface area contributed by atoms with Crippen molar-refractivity contribution in [3.05, 3.63) is 95.3 Å². The first-order valence-corrected chi connectivity index (χ1v) is 10.1. The molecule has 0 aliphatic rings. The summed E-state index contributed by atoms with van der Waals surface area (Å²) in [5, 5.41) is 0.468. The van der Waals surface area contributed by atoms with Gasteiger partial charge in [-0.3, -0.25) is 0 Å². The van der Waals surface area contributed by atoms with Crippen molar-refractivity contribution in [1.29, 1.82) is 0 Å². The third-order valence-corrected chi connectivity index (χ3v) is 5.37. The molecule has 5 heteroatoms. The summed E-state index contributed by atoms with van der Waals surface area (Å²) in [5.41, 5.74) is 1.59. The average Bonchev–Trinajstić information content (AvgIpc) is 2.71. The number of benzene rings is 2. The molecule has 2 aromatic rings. The number of rotatable bonds is 8. The van der Waals surface area contributed by atoms with Crippen LogP contribution in [0.15, 0.2) is 73.4 Å². The van der Waals surface area contributed by atoms with Gasteiger partial charge in [0.25, 0.3) is 0 Å². The van der Waals surface area contributed by atoms with Crippen LogP contribution in [0, 0.1) is 5.82 Å². The minimum Gasteiger partial charge on any atom is -0.495 e. The highest BCUT2D eigenvalue weighted by Gasteiger charge is 2.24. The summed E-state index contributed by atoms with van der Waals surface area (Å²) in [4.78, 5) is 1.81. The molecular formula is C26H28ClF2NO. The highest BCUT2D eigenvalue weighted by Crippen LogP contribution is 2.34. The Hall–Kier alpha value is -2.85. The monoisotopic (exact) mass is 443 g/mol. The summed E-state index contributed by atoms with van der Waals surface area (Å²) >= 11 is 6.22. The fourth-order valence-electron chi connectivity index (χ4n) is 3.29. The second-order valence-electron chi connectivity index (χ2n) is 7.63. The molecule has 0 saturated heterocycles. The topological polar surface area (TPSA) is 12.5 Å². The van der Waals surface area contributed by atoms with Crippen molar-refractivity contribution in [2.45, 2.75) is 26.4 Å². The minimum absolute atomic E-state index is 0.334. The molecule has 0 aromatic heterocycles. The number of halogens is 3.